The van der Waals surface area contributed by atoms with Crippen LogP contribution in [-0.4, -0.2) is 57.2 Å². The fraction of sp³-hybridized carbons (Fsp3) is 0.588. The maximum absolute atomic E-state index is 13.4. The number of aliphatic imine (C=N–C) groups is 1. The zero-order valence-corrected chi connectivity index (χ0v) is 17.5. The van der Waals surface area contributed by atoms with E-state index in [4.69, 9.17) is 4.74 Å². The van der Waals surface area contributed by atoms with Gasteiger partial charge in [0, 0.05) is 26.2 Å². The topological polar surface area (TPSA) is 48.9 Å². The fourth-order valence-corrected chi connectivity index (χ4v) is 2.22. The van der Waals surface area contributed by atoms with Gasteiger partial charge in [0.05, 0.1) is 6.54 Å². The Morgan fingerprint density at radius 1 is 1.16 bits per heavy atom. The molecule has 0 aliphatic heterocycles. The second kappa shape index (κ2) is 14.1. The van der Waals surface area contributed by atoms with Gasteiger partial charge in [-0.2, -0.15) is 0 Å². The van der Waals surface area contributed by atoms with Gasteiger partial charge in [0.1, 0.15) is 12.4 Å². The normalized spacial score (nSPS) is 11.2. The molecular weight excluding hydrogens is 441 g/mol. The van der Waals surface area contributed by atoms with E-state index in [9.17, 15) is 8.78 Å². The molecule has 5 nitrogen and oxygen atoms in total. The number of hydrogen-bond acceptors (Lipinski definition) is 3. The zero-order valence-electron chi connectivity index (χ0n) is 15.1. The minimum Gasteiger partial charge on any atom is -0.489 e. The van der Waals surface area contributed by atoms with Crippen molar-refractivity contribution < 1.29 is 13.5 Å². The summed E-state index contributed by atoms with van der Waals surface area (Å²) in [5.41, 5.74) is 0. The predicted molar refractivity (Wildman–Crippen MR) is 109 cm³/mol. The maximum Gasteiger partial charge on any atom is 0.191 e. The lowest BCUT2D eigenvalue weighted by atomic mass is 10.3. The van der Waals surface area contributed by atoms with Gasteiger partial charge in [-0.3, -0.25) is 4.99 Å². The second-order valence-corrected chi connectivity index (χ2v) is 5.28. The van der Waals surface area contributed by atoms with Gasteiger partial charge in [-0.25, -0.2) is 8.78 Å². The van der Waals surface area contributed by atoms with Crippen molar-refractivity contribution >= 4 is 29.9 Å². The quantitative estimate of drug-likeness (QED) is 0.239. The average molecular weight is 470 g/mol. The van der Waals surface area contributed by atoms with Crippen molar-refractivity contribution in [2.45, 2.75) is 20.3 Å². The molecule has 8 heteroatoms. The molecule has 1 rings (SSSR count). The summed E-state index contributed by atoms with van der Waals surface area (Å²) in [6.07, 6.45) is 1.14. The van der Waals surface area contributed by atoms with Gasteiger partial charge in [0.25, 0.3) is 0 Å². The van der Waals surface area contributed by atoms with Gasteiger partial charge in [-0.05, 0) is 31.6 Å². The summed E-state index contributed by atoms with van der Waals surface area (Å²) >= 11 is 0. The standard InChI is InChI=1S/C17H28F2N4O.HI/c1-4-10-23(5-2)11-8-21-17(20-3)22-9-12-24-16-7-6-14(18)13-15(16)19;/h6-7,13H,4-5,8-12H2,1-3H3,(H2,20,21,22);1H. The van der Waals surface area contributed by atoms with Gasteiger partial charge in [-0.1, -0.05) is 13.8 Å². The molecule has 0 aliphatic rings. The Kier molecular flexibility index (Phi) is 13.4. The average Bonchev–Trinajstić information content (AvgIpc) is 2.57. The van der Waals surface area contributed by atoms with Gasteiger partial charge in [-0.15, -0.1) is 24.0 Å². The first-order valence-corrected chi connectivity index (χ1v) is 8.35. The minimum absolute atomic E-state index is 0. The molecule has 1 aromatic carbocycles. The molecule has 0 fully saturated rings. The van der Waals surface area contributed by atoms with Crippen molar-refractivity contribution in [1.29, 1.82) is 0 Å². The van der Waals surface area contributed by atoms with Crippen molar-refractivity contribution in [3.05, 3.63) is 29.8 Å². The Morgan fingerprint density at radius 2 is 1.88 bits per heavy atom. The third-order valence-electron chi connectivity index (χ3n) is 3.48. The second-order valence-electron chi connectivity index (χ2n) is 5.28. The molecule has 0 saturated heterocycles. The Morgan fingerprint density at radius 3 is 2.48 bits per heavy atom. The Bertz CT molecular complexity index is 517. The molecular formula is C17H29F2IN4O. The van der Waals surface area contributed by atoms with Crippen LogP contribution < -0.4 is 15.4 Å². The van der Waals surface area contributed by atoms with Crippen LogP contribution in [0.3, 0.4) is 0 Å². The fourth-order valence-electron chi connectivity index (χ4n) is 2.22. The molecule has 2 N–H and O–H groups in total. The highest BCUT2D eigenvalue weighted by Crippen LogP contribution is 2.17. The third kappa shape index (κ3) is 9.78. The van der Waals surface area contributed by atoms with E-state index < -0.39 is 11.6 Å². The van der Waals surface area contributed by atoms with Crippen LogP contribution in [0.4, 0.5) is 8.78 Å². The lowest BCUT2D eigenvalue weighted by Crippen LogP contribution is -2.42. The van der Waals surface area contributed by atoms with Crippen LogP contribution in [0.25, 0.3) is 0 Å². The van der Waals surface area contributed by atoms with E-state index in [-0.39, 0.29) is 36.3 Å². The molecule has 1 aromatic rings. The van der Waals surface area contributed by atoms with Crippen LogP contribution in [0.15, 0.2) is 23.2 Å². The zero-order chi connectivity index (χ0) is 17.8. The number of nitrogens with zero attached hydrogens (tertiary/aromatic N) is 2. The van der Waals surface area contributed by atoms with Crippen LogP contribution in [0, 0.1) is 11.6 Å². The lowest BCUT2D eigenvalue weighted by Gasteiger charge is -2.20. The van der Waals surface area contributed by atoms with Crippen LogP contribution in [-0.2, 0) is 0 Å². The first kappa shape index (κ1) is 23.8. The Labute approximate surface area is 166 Å². The molecule has 0 spiro atoms. The van der Waals surface area contributed by atoms with E-state index in [1.165, 1.54) is 12.1 Å². The van der Waals surface area contributed by atoms with Gasteiger partial charge in [0.15, 0.2) is 17.5 Å². The van der Waals surface area contributed by atoms with E-state index in [0.717, 1.165) is 38.7 Å². The molecule has 0 unspecified atom stereocenters. The summed E-state index contributed by atoms with van der Waals surface area (Å²) < 4.78 is 31.5. The maximum atomic E-state index is 13.4. The van der Waals surface area contributed by atoms with Crippen LogP contribution in [0.2, 0.25) is 0 Å². The number of ether oxygens (including phenoxy) is 1. The highest BCUT2D eigenvalue weighted by atomic mass is 127. The summed E-state index contributed by atoms with van der Waals surface area (Å²) in [6.45, 7) is 8.88. The van der Waals surface area contributed by atoms with Crippen LogP contribution >= 0.6 is 24.0 Å². The highest BCUT2D eigenvalue weighted by Gasteiger charge is 2.05. The summed E-state index contributed by atoms with van der Waals surface area (Å²) in [4.78, 5) is 6.49. The van der Waals surface area contributed by atoms with E-state index in [0.29, 0.717) is 12.5 Å². The largest absolute Gasteiger partial charge is 0.489 e. The number of guanidine groups is 1. The van der Waals surface area contributed by atoms with E-state index in [2.05, 4.69) is 34.4 Å². The SMILES string of the molecule is CCCN(CC)CCNC(=NC)NCCOc1ccc(F)cc1F.I. The summed E-state index contributed by atoms with van der Waals surface area (Å²) in [6, 6.07) is 3.26. The molecule has 144 valence electrons. The van der Waals surface area contributed by atoms with E-state index in [1.807, 2.05) is 0 Å². The van der Waals surface area contributed by atoms with Crippen LogP contribution in [0.5, 0.6) is 5.75 Å². The van der Waals surface area contributed by atoms with Crippen LogP contribution in [0.1, 0.15) is 20.3 Å². The number of nitrogens with one attached hydrogen (secondary N) is 2. The van der Waals surface area contributed by atoms with Gasteiger partial charge in [0.2, 0.25) is 0 Å². The monoisotopic (exact) mass is 470 g/mol. The molecule has 0 radical (unpaired) electrons. The molecule has 25 heavy (non-hydrogen) atoms. The number of hydrogen-bond donors (Lipinski definition) is 2. The van der Waals surface area contributed by atoms with Crippen molar-refractivity contribution in [3.8, 4) is 5.75 Å². The first-order valence-electron chi connectivity index (χ1n) is 8.35. The summed E-state index contributed by atoms with van der Waals surface area (Å²) in [5.74, 6) is -0.607. The number of benzene rings is 1. The molecule has 0 bridgehead atoms. The molecule has 0 atom stereocenters. The summed E-state index contributed by atoms with van der Waals surface area (Å²) in [5, 5.41) is 6.32. The summed E-state index contributed by atoms with van der Waals surface area (Å²) in [7, 11) is 1.69. The smallest absolute Gasteiger partial charge is 0.191 e. The van der Waals surface area contributed by atoms with Crippen molar-refractivity contribution in [2.75, 3.05) is 46.4 Å². The molecule has 0 saturated carbocycles. The Balaban J connectivity index is 0.00000576. The minimum atomic E-state index is -0.701. The highest BCUT2D eigenvalue weighted by molar-refractivity contribution is 14.0. The van der Waals surface area contributed by atoms with Crippen molar-refractivity contribution in [3.63, 3.8) is 0 Å². The van der Waals surface area contributed by atoms with Gasteiger partial charge >= 0.3 is 0 Å². The van der Waals surface area contributed by atoms with E-state index in [1.54, 1.807) is 7.05 Å². The predicted octanol–water partition coefficient (Wildman–Crippen LogP) is 2.86. The Hall–Kier alpha value is -1.16. The van der Waals surface area contributed by atoms with Crippen molar-refractivity contribution in [2.24, 2.45) is 4.99 Å². The lowest BCUT2D eigenvalue weighted by molar-refractivity contribution is 0.292. The molecule has 0 aliphatic carbocycles. The van der Waals surface area contributed by atoms with Crippen molar-refractivity contribution in [1.82, 2.24) is 15.5 Å². The van der Waals surface area contributed by atoms with E-state index >= 15 is 0 Å². The first-order chi connectivity index (χ1) is 11.6. The number of halogens is 3. The number of likely N-dealkylation sites (N-methyl/N-ethyl adjacent to an activating group) is 1. The molecule has 0 aromatic heterocycles. The third-order valence-corrected chi connectivity index (χ3v) is 3.48. The van der Waals surface area contributed by atoms with Gasteiger partial charge < -0.3 is 20.3 Å². The molecule has 0 amide bonds. The number of rotatable bonds is 10. The molecule has 0 heterocycles.